The molecule has 0 radical (unpaired) electrons. The van der Waals surface area contributed by atoms with Crippen LogP contribution in [0.3, 0.4) is 0 Å². The molecule has 0 heterocycles. The Morgan fingerprint density at radius 3 is 1.90 bits per heavy atom. The van der Waals surface area contributed by atoms with Crippen LogP contribution in [0.15, 0.2) is 4.99 Å². The molecule has 0 spiro atoms. The van der Waals surface area contributed by atoms with Crippen molar-refractivity contribution in [2.45, 2.75) is 71.6 Å². The summed E-state index contributed by atoms with van der Waals surface area (Å²) >= 11 is 0. The molecule has 178 valence electrons. The number of hydrogen-bond donors (Lipinski definition) is 7. The normalized spacial score (nSPS) is 14.8. The second kappa shape index (κ2) is 13.4. The first-order chi connectivity index (χ1) is 14.3. The highest BCUT2D eigenvalue weighted by atomic mass is 16.4. The maximum atomic E-state index is 12.7. The standard InChI is InChI=1S/C19H37N7O5/c1-9(2)13(20)17(29)24-11(5)15(27)25-12(7-6-8-23-19(21)22)16(28)26-14(10(3)4)18(30)31/h9-14H,6-8,20H2,1-5H3,(H,24,29)(H,25,27)(H,26,28)(H,30,31)(H4,21,22,23). The first kappa shape index (κ1) is 28.1. The number of hydrogen-bond acceptors (Lipinski definition) is 6. The number of carbonyl (C=O) groups excluding carboxylic acids is 3. The summed E-state index contributed by atoms with van der Waals surface area (Å²) in [6.07, 6.45) is 0.514. The van der Waals surface area contributed by atoms with Crippen molar-refractivity contribution in [1.29, 1.82) is 0 Å². The molecule has 12 nitrogen and oxygen atoms in total. The van der Waals surface area contributed by atoms with Gasteiger partial charge >= 0.3 is 5.97 Å². The Hall–Kier alpha value is -2.89. The largest absolute Gasteiger partial charge is 0.480 e. The lowest BCUT2D eigenvalue weighted by Gasteiger charge is -2.25. The molecule has 0 aromatic heterocycles. The van der Waals surface area contributed by atoms with Crippen LogP contribution < -0.4 is 33.2 Å². The van der Waals surface area contributed by atoms with Crippen LogP contribution in [0.1, 0.15) is 47.5 Å². The Balaban J connectivity index is 5.24. The van der Waals surface area contributed by atoms with Gasteiger partial charge in [-0.1, -0.05) is 27.7 Å². The van der Waals surface area contributed by atoms with E-state index in [0.717, 1.165) is 0 Å². The fraction of sp³-hybridized carbons (Fsp3) is 0.737. The van der Waals surface area contributed by atoms with Crippen LogP contribution in [-0.4, -0.2) is 65.5 Å². The molecule has 0 fully saturated rings. The molecule has 0 aliphatic rings. The van der Waals surface area contributed by atoms with Gasteiger partial charge in [0.1, 0.15) is 18.1 Å². The van der Waals surface area contributed by atoms with Crippen molar-refractivity contribution >= 4 is 29.7 Å². The van der Waals surface area contributed by atoms with Crippen LogP contribution in [0.25, 0.3) is 0 Å². The highest BCUT2D eigenvalue weighted by molar-refractivity contribution is 5.93. The van der Waals surface area contributed by atoms with Crippen LogP contribution >= 0.6 is 0 Å². The highest BCUT2D eigenvalue weighted by Crippen LogP contribution is 2.06. The Kier molecular flexibility index (Phi) is 12.2. The van der Waals surface area contributed by atoms with Crippen molar-refractivity contribution in [2.75, 3.05) is 6.54 Å². The number of nitrogens with zero attached hydrogens (tertiary/aromatic N) is 1. The van der Waals surface area contributed by atoms with E-state index >= 15 is 0 Å². The Morgan fingerprint density at radius 2 is 1.45 bits per heavy atom. The monoisotopic (exact) mass is 443 g/mol. The molecule has 12 heteroatoms. The quantitative estimate of drug-likeness (QED) is 0.0980. The predicted octanol–water partition coefficient (Wildman–Crippen LogP) is -1.76. The van der Waals surface area contributed by atoms with E-state index in [1.54, 1.807) is 27.7 Å². The molecule has 4 atom stereocenters. The zero-order chi connectivity index (χ0) is 24.3. The average molecular weight is 444 g/mol. The van der Waals surface area contributed by atoms with E-state index in [1.807, 2.05) is 0 Å². The van der Waals surface area contributed by atoms with Crippen LogP contribution in [0.2, 0.25) is 0 Å². The van der Waals surface area contributed by atoms with E-state index in [9.17, 15) is 24.3 Å². The van der Waals surface area contributed by atoms with Gasteiger partial charge in [0.05, 0.1) is 6.04 Å². The van der Waals surface area contributed by atoms with Crippen molar-refractivity contribution in [3.63, 3.8) is 0 Å². The molecular weight excluding hydrogens is 406 g/mol. The van der Waals surface area contributed by atoms with Gasteiger partial charge in [-0.2, -0.15) is 0 Å². The van der Waals surface area contributed by atoms with Crippen LogP contribution in [0.4, 0.5) is 0 Å². The number of aliphatic imine (C=N–C) groups is 1. The van der Waals surface area contributed by atoms with Crippen LogP contribution in [-0.2, 0) is 19.2 Å². The Labute approximate surface area is 182 Å². The molecule has 0 aliphatic carbocycles. The molecule has 0 aromatic rings. The molecular formula is C19H37N7O5. The topological polar surface area (TPSA) is 215 Å². The molecule has 3 amide bonds. The van der Waals surface area contributed by atoms with E-state index in [0.29, 0.717) is 6.42 Å². The summed E-state index contributed by atoms with van der Waals surface area (Å²) in [6, 6.07) is -3.90. The lowest BCUT2D eigenvalue weighted by Crippen LogP contribution is -2.57. The third kappa shape index (κ3) is 10.6. The van der Waals surface area contributed by atoms with Gasteiger partial charge in [-0.15, -0.1) is 0 Å². The SMILES string of the molecule is CC(NC(=O)C(N)C(C)C)C(=O)NC(CCCN=C(N)N)C(=O)NC(C(=O)O)C(C)C. The van der Waals surface area contributed by atoms with Gasteiger partial charge in [-0.3, -0.25) is 19.4 Å². The van der Waals surface area contributed by atoms with Crippen molar-refractivity contribution in [3.8, 4) is 0 Å². The molecule has 0 aromatic carbocycles. The second-order valence-corrected chi connectivity index (χ2v) is 8.08. The number of aliphatic carboxylic acids is 1. The molecule has 4 unspecified atom stereocenters. The number of carbonyl (C=O) groups is 4. The molecule has 31 heavy (non-hydrogen) atoms. The molecule has 0 rings (SSSR count). The number of nitrogens with one attached hydrogen (secondary N) is 3. The van der Waals surface area contributed by atoms with Gasteiger partial charge in [0.25, 0.3) is 0 Å². The van der Waals surface area contributed by atoms with Gasteiger partial charge in [-0.25, -0.2) is 4.79 Å². The van der Waals surface area contributed by atoms with Gasteiger partial charge in [0.2, 0.25) is 17.7 Å². The third-order valence-electron chi connectivity index (χ3n) is 4.58. The van der Waals surface area contributed by atoms with Gasteiger partial charge in [0.15, 0.2) is 5.96 Å². The smallest absolute Gasteiger partial charge is 0.326 e. The zero-order valence-electron chi connectivity index (χ0n) is 18.8. The minimum absolute atomic E-state index is 0.103. The highest BCUT2D eigenvalue weighted by Gasteiger charge is 2.30. The summed E-state index contributed by atoms with van der Waals surface area (Å²) in [6.45, 7) is 8.55. The summed E-state index contributed by atoms with van der Waals surface area (Å²) in [7, 11) is 0. The zero-order valence-corrected chi connectivity index (χ0v) is 18.8. The van der Waals surface area contributed by atoms with Crippen LogP contribution in [0.5, 0.6) is 0 Å². The minimum Gasteiger partial charge on any atom is -0.480 e. The van der Waals surface area contributed by atoms with Gasteiger partial charge in [0, 0.05) is 6.54 Å². The van der Waals surface area contributed by atoms with Gasteiger partial charge in [-0.05, 0) is 31.6 Å². The van der Waals surface area contributed by atoms with Gasteiger partial charge < -0.3 is 38.3 Å². The Bertz CT molecular complexity index is 662. The van der Waals surface area contributed by atoms with E-state index in [-0.39, 0.29) is 30.8 Å². The minimum atomic E-state index is -1.18. The summed E-state index contributed by atoms with van der Waals surface area (Å²) in [5.74, 6) is -3.52. The maximum Gasteiger partial charge on any atom is 0.326 e. The van der Waals surface area contributed by atoms with Crippen molar-refractivity contribution in [1.82, 2.24) is 16.0 Å². The van der Waals surface area contributed by atoms with E-state index < -0.39 is 47.9 Å². The predicted molar refractivity (Wildman–Crippen MR) is 117 cm³/mol. The fourth-order valence-corrected chi connectivity index (χ4v) is 2.51. The van der Waals surface area contributed by atoms with Crippen molar-refractivity contribution in [2.24, 2.45) is 34.0 Å². The second-order valence-electron chi connectivity index (χ2n) is 8.08. The number of carboxylic acid groups (broad SMARTS) is 1. The Morgan fingerprint density at radius 1 is 0.871 bits per heavy atom. The summed E-state index contributed by atoms with van der Waals surface area (Å²) in [5, 5.41) is 16.8. The molecule has 0 saturated carbocycles. The molecule has 0 saturated heterocycles. The fourth-order valence-electron chi connectivity index (χ4n) is 2.51. The van der Waals surface area contributed by atoms with E-state index in [4.69, 9.17) is 17.2 Å². The molecule has 10 N–H and O–H groups in total. The number of carboxylic acids is 1. The lowest BCUT2D eigenvalue weighted by atomic mass is 10.0. The van der Waals surface area contributed by atoms with Crippen molar-refractivity contribution in [3.05, 3.63) is 0 Å². The summed E-state index contributed by atoms with van der Waals surface area (Å²) in [4.78, 5) is 52.6. The summed E-state index contributed by atoms with van der Waals surface area (Å²) in [5.41, 5.74) is 16.3. The first-order valence-electron chi connectivity index (χ1n) is 10.2. The number of guanidine groups is 1. The molecule has 0 bridgehead atoms. The maximum absolute atomic E-state index is 12.7. The van der Waals surface area contributed by atoms with E-state index in [2.05, 4.69) is 20.9 Å². The third-order valence-corrected chi connectivity index (χ3v) is 4.58. The van der Waals surface area contributed by atoms with E-state index in [1.165, 1.54) is 6.92 Å². The number of amides is 3. The van der Waals surface area contributed by atoms with Crippen molar-refractivity contribution < 1.29 is 24.3 Å². The average Bonchev–Trinajstić information content (AvgIpc) is 2.66. The molecule has 0 aliphatic heterocycles. The summed E-state index contributed by atoms with van der Waals surface area (Å²) < 4.78 is 0. The first-order valence-corrected chi connectivity index (χ1v) is 10.2. The number of rotatable bonds is 13. The lowest BCUT2D eigenvalue weighted by molar-refractivity contribution is -0.143. The number of nitrogens with two attached hydrogens (primary N) is 3. The van der Waals surface area contributed by atoms with Crippen LogP contribution in [0, 0.1) is 11.8 Å².